The first-order valence-corrected chi connectivity index (χ1v) is 7.90. The van der Waals surface area contributed by atoms with Crippen molar-refractivity contribution in [1.82, 2.24) is 10.2 Å². The summed E-state index contributed by atoms with van der Waals surface area (Å²) < 4.78 is 18.6. The molecule has 0 aliphatic carbocycles. The second-order valence-corrected chi connectivity index (χ2v) is 5.91. The van der Waals surface area contributed by atoms with Crippen molar-refractivity contribution in [2.45, 2.75) is 38.6 Å². The van der Waals surface area contributed by atoms with E-state index in [2.05, 4.69) is 10.2 Å². The van der Waals surface area contributed by atoms with Gasteiger partial charge in [-0.1, -0.05) is 6.07 Å². The van der Waals surface area contributed by atoms with E-state index in [1.165, 1.54) is 7.11 Å². The summed E-state index contributed by atoms with van der Waals surface area (Å²) in [6.07, 6.45) is 4.00. The average Bonchev–Trinajstić information content (AvgIpc) is 2.47. The Morgan fingerprint density at radius 3 is 3.00 bits per heavy atom. The highest BCUT2D eigenvalue weighted by molar-refractivity contribution is 5.73. The normalized spacial score (nSPS) is 19.0. The summed E-state index contributed by atoms with van der Waals surface area (Å²) in [5.74, 6) is 0.0298. The van der Waals surface area contributed by atoms with Gasteiger partial charge >= 0.3 is 0 Å². The number of benzene rings is 1. The van der Waals surface area contributed by atoms with Gasteiger partial charge in [0.05, 0.1) is 7.11 Å². The van der Waals surface area contributed by atoms with Crippen LogP contribution < -0.4 is 10.1 Å². The van der Waals surface area contributed by atoms with Gasteiger partial charge in [0.25, 0.3) is 0 Å². The molecular formula is C17H25FN2O2. The zero-order valence-corrected chi connectivity index (χ0v) is 13.4. The molecule has 0 aromatic heterocycles. The Morgan fingerprint density at radius 2 is 2.32 bits per heavy atom. The summed E-state index contributed by atoms with van der Waals surface area (Å²) in [5, 5.41) is 3.00. The fraction of sp³-hybridized carbons (Fsp3) is 0.588. The van der Waals surface area contributed by atoms with E-state index in [1.807, 2.05) is 6.07 Å². The first kappa shape index (κ1) is 16.7. The number of carbonyl (C=O) groups is 1. The van der Waals surface area contributed by atoms with Gasteiger partial charge in [-0.05, 0) is 56.5 Å². The van der Waals surface area contributed by atoms with Crippen molar-refractivity contribution in [3.63, 3.8) is 0 Å². The van der Waals surface area contributed by atoms with Crippen LogP contribution in [0.15, 0.2) is 18.2 Å². The Balaban J connectivity index is 1.76. The maximum atomic E-state index is 13.6. The molecule has 22 heavy (non-hydrogen) atoms. The first-order chi connectivity index (χ1) is 10.6. The van der Waals surface area contributed by atoms with Crippen LogP contribution in [0.3, 0.4) is 0 Å². The van der Waals surface area contributed by atoms with Crippen LogP contribution in [0.25, 0.3) is 0 Å². The molecule has 122 valence electrons. The van der Waals surface area contributed by atoms with Gasteiger partial charge in [0.1, 0.15) is 0 Å². The van der Waals surface area contributed by atoms with Crippen molar-refractivity contribution in [3.05, 3.63) is 29.6 Å². The number of amides is 1. The van der Waals surface area contributed by atoms with E-state index in [0.29, 0.717) is 0 Å². The quantitative estimate of drug-likeness (QED) is 0.877. The molecule has 1 heterocycles. The molecule has 1 saturated heterocycles. The van der Waals surface area contributed by atoms with E-state index in [0.717, 1.165) is 50.9 Å². The van der Waals surface area contributed by atoms with Crippen molar-refractivity contribution in [2.75, 3.05) is 26.7 Å². The Kier molecular flexibility index (Phi) is 6.19. The summed E-state index contributed by atoms with van der Waals surface area (Å²) in [6, 6.07) is 5.41. The minimum atomic E-state index is -0.302. The average molecular weight is 308 g/mol. The number of ether oxygens (including phenoxy) is 1. The number of halogens is 1. The van der Waals surface area contributed by atoms with Gasteiger partial charge in [0.15, 0.2) is 11.6 Å². The second-order valence-electron chi connectivity index (χ2n) is 5.91. The lowest BCUT2D eigenvalue weighted by Crippen LogP contribution is -2.47. The van der Waals surface area contributed by atoms with Crippen molar-refractivity contribution in [2.24, 2.45) is 0 Å². The molecule has 5 heteroatoms. The summed E-state index contributed by atoms with van der Waals surface area (Å²) in [6.45, 7) is 4.53. The molecular weight excluding hydrogens is 283 g/mol. The lowest BCUT2D eigenvalue weighted by atomic mass is 10.0. The van der Waals surface area contributed by atoms with Crippen LogP contribution in [0.4, 0.5) is 4.39 Å². The van der Waals surface area contributed by atoms with Gasteiger partial charge in [-0.15, -0.1) is 0 Å². The molecule has 0 bridgehead atoms. The number of methoxy groups -OCH3 is 1. The van der Waals surface area contributed by atoms with E-state index in [-0.39, 0.29) is 23.5 Å². The molecule has 1 aromatic carbocycles. The molecule has 0 saturated carbocycles. The molecule has 2 rings (SSSR count). The number of hydrogen-bond donors (Lipinski definition) is 1. The Morgan fingerprint density at radius 1 is 1.50 bits per heavy atom. The summed E-state index contributed by atoms with van der Waals surface area (Å²) in [4.78, 5) is 13.5. The molecule has 1 atom stereocenters. The van der Waals surface area contributed by atoms with E-state index in [4.69, 9.17) is 4.74 Å². The van der Waals surface area contributed by atoms with Crippen LogP contribution >= 0.6 is 0 Å². The SMILES string of the molecule is COc1ccc(CCCN2CCC[C@H](NC(C)=O)C2)cc1F. The highest BCUT2D eigenvalue weighted by atomic mass is 19.1. The van der Waals surface area contributed by atoms with Gasteiger partial charge in [0.2, 0.25) is 5.91 Å². The largest absolute Gasteiger partial charge is 0.494 e. The summed E-state index contributed by atoms with van der Waals surface area (Å²) in [7, 11) is 1.47. The van der Waals surface area contributed by atoms with Crippen LogP contribution in [-0.4, -0.2) is 43.6 Å². The Bertz CT molecular complexity index is 507. The topological polar surface area (TPSA) is 41.6 Å². The van der Waals surface area contributed by atoms with E-state index in [1.54, 1.807) is 19.1 Å². The molecule has 0 unspecified atom stereocenters. The molecule has 1 aliphatic rings. The second kappa shape index (κ2) is 8.13. The summed E-state index contributed by atoms with van der Waals surface area (Å²) in [5.41, 5.74) is 0.994. The number of likely N-dealkylation sites (tertiary alicyclic amines) is 1. The molecule has 1 N–H and O–H groups in total. The zero-order chi connectivity index (χ0) is 15.9. The molecule has 0 radical (unpaired) electrons. The molecule has 4 nitrogen and oxygen atoms in total. The predicted molar refractivity (Wildman–Crippen MR) is 84.6 cm³/mol. The monoisotopic (exact) mass is 308 g/mol. The molecule has 1 fully saturated rings. The van der Waals surface area contributed by atoms with E-state index >= 15 is 0 Å². The number of aryl methyl sites for hydroxylation is 1. The fourth-order valence-electron chi connectivity index (χ4n) is 3.04. The number of hydrogen-bond acceptors (Lipinski definition) is 3. The summed E-state index contributed by atoms with van der Waals surface area (Å²) >= 11 is 0. The molecule has 1 amide bonds. The number of nitrogens with one attached hydrogen (secondary N) is 1. The smallest absolute Gasteiger partial charge is 0.217 e. The minimum absolute atomic E-state index is 0.0422. The van der Waals surface area contributed by atoms with E-state index in [9.17, 15) is 9.18 Å². The van der Waals surface area contributed by atoms with Crippen molar-refractivity contribution in [3.8, 4) is 5.75 Å². The van der Waals surface area contributed by atoms with Crippen LogP contribution in [0.2, 0.25) is 0 Å². The van der Waals surface area contributed by atoms with Crippen LogP contribution in [0.5, 0.6) is 5.75 Å². The third kappa shape index (κ3) is 4.98. The maximum Gasteiger partial charge on any atom is 0.217 e. The number of nitrogens with zero attached hydrogens (tertiary/aromatic N) is 1. The van der Waals surface area contributed by atoms with Crippen molar-refractivity contribution < 1.29 is 13.9 Å². The third-order valence-electron chi connectivity index (χ3n) is 4.07. The Hall–Kier alpha value is -1.62. The van der Waals surface area contributed by atoms with E-state index < -0.39 is 0 Å². The number of carbonyl (C=O) groups excluding carboxylic acids is 1. The fourth-order valence-corrected chi connectivity index (χ4v) is 3.04. The van der Waals surface area contributed by atoms with Gasteiger partial charge in [-0.25, -0.2) is 4.39 Å². The molecule has 1 aromatic rings. The number of piperidine rings is 1. The van der Waals surface area contributed by atoms with Crippen molar-refractivity contribution in [1.29, 1.82) is 0 Å². The molecule has 1 aliphatic heterocycles. The maximum absolute atomic E-state index is 13.6. The standard InChI is InChI=1S/C17H25FN2O2/c1-13(21)19-15-6-4-10-20(12-15)9-3-5-14-7-8-17(22-2)16(18)11-14/h7-8,11,15H,3-6,9-10,12H2,1-2H3,(H,19,21)/t15-/m0/s1. The number of rotatable bonds is 6. The van der Waals surface area contributed by atoms with Gasteiger partial charge in [-0.3, -0.25) is 4.79 Å². The van der Waals surface area contributed by atoms with Gasteiger partial charge in [0, 0.05) is 19.5 Å². The Labute approximate surface area is 131 Å². The first-order valence-electron chi connectivity index (χ1n) is 7.90. The predicted octanol–water partition coefficient (Wildman–Crippen LogP) is 2.37. The van der Waals surface area contributed by atoms with Gasteiger partial charge in [-0.2, -0.15) is 0 Å². The van der Waals surface area contributed by atoms with Crippen molar-refractivity contribution >= 4 is 5.91 Å². The van der Waals surface area contributed by atoms with Gasteiger partial charge < -0.3 is 15.0 Å². The highest BCUT2D eigenvalue weighted by Crippen LogP contribution is 2.19. The highest BCUT2D eigenvalue weighted by Gasteiger charge is 2.19. The van der Waals surface area contributed by atoms with Crippen LogP contribution in [0.1, 0.15) is 31.7 Å². The lowest BCUT2D eigenvalue weighted by molar-refractivity contribution is -0.120. The molecule has 0 spiro atoms. The lowest BCUT2D eigenvalue weighted by Gasteiger charge is -2.32. The third-order valence-corrected chi connectivity index (χ3v) is 4.07. The zero-order valence-electron chi connectivity index (χ0n) is 13.4. The van der Waals surface area contributed by atoms with Crippen LogP contribution in [-0.2, 0) is 11.2 Å². The minimum Gasteiger partial charge on any atom is -0.494 e. The van der Waals surface area contributed by atoms with Crippen LogP contribution in [0, 0.1) is 5.82 Å².